The van der Waals surface area contributed by atoms with Gasteiger partial charge in [0, 0.05) is 18.5 Å². The lowest BCUT2D eigenvalue weighted by Crippen LogP contribution is -2.31. The van der Waals surface area contributed by atoms with E-state index in [-0.39, 0.29) is 0 Å². The number of carboxylic acids is 1. The number of hydrogen-bond donors (Lipinski definition) is 1. The van der Waals surface area contributed by atoms with Gasteiger partial charge in [0.2, 0.25) is 0 Å². The Balaban J connectivity index is 1.97. The third kappa shape index (κ3) is 2.25. The van der Waals surface area contributed by atoms with Gasteiger partial charge < -0.3 is 5.11 Å². The highest BCUT2D eigenvalue weighted by atomic mass is 32.1. The van der Waals surface area contributed by atoms with E-state index in [2.05, 4.69) is 9.88 Å². The molecule has 1 saturated heterocycles. The minimum Gasteiger partial charge on any atom is -0.481 e. The van der Waals surface area contributed by atoms with Crippen molar-refractivity contribution in [3.8, 4) is 0 Å². The Bertz CT molecular complexity index is 404. The van der Waals surface area contributed by atoms with Crippen LogP contribution >= 0.6 is 11.3 Å². The molecule has 1 fully saturated rings. The number of carboxylic acid groups (broad SMARTS) is 1. The minimum atomic E-state index is -0.690. The molecule has 1 atom stereocenters. The Morgan fingerprint density at radius 2 is 2.50 bits per heavy atom. The fraction of sp³-hybridized carbons (Fsp3) is 0.636. The second kappa shape index (κ2) is 4.14. The molecule has 0 spiro atoms. The van der Waals surface area contributed by atoms with E-state index >= 15 is 0 Å². The van der Waals surface area contributed by atoms with Crippen molar-refractivity contribution < 1.29 is 9.90 Å². The van der Waals surface area contributed by atoms with Crippen molar-refractivity contribution in [2.75, 3.05) is 13.1 Å². The molecule has 1 aliphatic heterocycles. The Kier molecular flexibility index (Phi) is 2.99. The first kappa shape index (κ1) is 11.5. The molecule has 1 aliphatic rings. The normalized spacial score (nSPS) is 26.1. The predicted octanol–water partition coefficient (Wildman–Crippen LogP) is 1.75. The summed E-state index contributed by atoms with van der Waals surface area (Å²) in [5, 5.41) is 12.2. The van der Waals surface area contributed by atoms with E-state index < -0.39 is 11.4 Å². The maximum absolute atomic E-state index is 11.1. The number of aliphatic carboxylic acids is 1. The van der Waals surface area contributed by atoms with Crippen LogP contribution in [-0.4, -0.2) is 34.0 Å². The van der Waals surface area contributed by atoms with Crippen molar-refractivity contribution in [1.29, 1.82) is 0 Å². The first-order valence-electron chi connectivity index (χ1n) is 5.36. The molecule has 0 bridgehead atoms. The molecule has 5 heteroatoms. The zero-order valence-corrected chi connectivity index (χ0v) is 10.4. The SMILES string of the molecule is Cc1nc(CN2CCC(C)(C(=O)O)C2)cs1. The lowest BCUT2D eigenvalue weighted by atomic mass is 9.90. The molecule has 0 amide bonds. The van der Waals surface area contributed by atoms with Crippen LogP contribution in [0.15, 0.2) is 5.38 Å². The summed E-state index contributed by atoms with van der Waals surface area (Å²) in [5.41, 5.74) is 0.475. The number of aromatic nitrogens is 1. The second-order valence-electron chi connectivity index (χ2n) is 4.68. The smallest absolute Gasteiger partial charge is 0.310 e. The summed E-state index contributed by atoms with van der Waals surface area (Å²) in [6.45, 7) is 6.05. The van der Waals surface area contributed by atoms with Crippen LogP contribution in [0.2, 0.25) is 0 Å². The lowest BCUT2D eigenvalue weighted by molar-refractivity contribution is -0.147. The summed E-state index contributed by atoms with van der Waals surface area (Å²) in [4.78, 5) is 17.7. The number of likely N-dealkylation sites (tertiary alicyclic amines) is 1. The Morgan fingerprint density at radius 1 is 1.75 bits per heavy atom. The summed E-state index contributed by atoms with van der Waals surface area (Å²) >= 11 is 1.64. The topological polar surface area (TPSA) is 53.4 Å². The van der Waals surface area contributed by atoms with Gasteiger partial charge in [-0.15, -0.1) is 11.3 Å². The van der Waals surface area contributed by atoms with Gasteiger partial charge in [0.1, 0.15) is 0 Å². The Hall–Kier alpha value is -0.940. The molecule has 4 nitrogen and oxygen atoms in total. The molecule has 1 N–H and O–H groups in total. The summed E-state index contributed by atoms with van der Waals surface area (Å²) in [6.07, 6.45) is 0.728. The van der Waals surface area contributed by atoms with Crippen LogP contribution in [-0.2, 0) is 11.3 Å². The van der Waals surface area contributed by atoms with Crippen molar-refractivity contribution >= 4 is 17.3 Å². The highest BCUT2D eigenvalue weighted by Gasteiger charge is 2.40. The van der Waals surface area contributed by atoms with E-state index in [1.807, 2.05) is 19.2 Å². The van der Waals surface area contributed by atoms with Gasteiger partial charge in [0.25, 0.3) is 0 Å². The number of aryl methyl sites for hydroxylation is 1. The second-order valence-corrected chi connectivity index (χ2v) is 5.75. The van der Waals surface area contributed by atoms with Gasteiger partial charge in [0.15, 0.2) is 0 Å². The molecule has 16 heavy (non-hydrogen) atoms. The molecule has 1 aromatic rings. The quantitative estimate of drug-likeness (QED) is 0.874. The lowest BCUT2D eigenvalue weighted by Gasteiger charge is -2.19. The van der Waals surface area contributed by atoms with Crippen molar-refractivity contribution in [3.63, 3.8) is 0 Å². The molecule has 1 aromatic heterocycles. The molecule has 0 aromatic carbocycles. The van der Waals surface area contributed by atoms with Crippen LogP contribution < -0.4 is 0 Å². The van der Waals surface area contributed by atoms with E-state index in [0.29, 0.717) is 6.54 Å². The van der Waals surface area contributed by atoms with Gasteiger partial charge in [-0.3, -0.25) is 9.69 Å². The number of carbonyl (C=O) groups is 1. The largest absolute Gasteiger partial charge is 0.481 e. The highest BCUT2D eigenvalue weighted by Crippen LogP contribution is 2.30. The summed E-state index contributed by atoms with van der Waals surface area (Å²) < 4.78 is 0. The van der Waals surface area contributed by atoms with Gasteiger partial charge in [-0.1, -0.05) is 0 Å². The van der Waals surface area contributed by atoms with E-state index in [0.717, 1.165) is 30.2 Å². The van der Waals surface area contributed by atoms with Gasteiger partial charge in [-0.25, -0.2) is 4.98 Å². The maximum Gasteiger partial charge on any atom is 0.310 e. The van der Waals surface area contributed by atoms with E-state index in [1.54, 1.807) is 11.3 Å². The Labute approximate surface area is 98.9 Å². The van der Waals surface area contributed by atoms with Crippen molar-refractivity contribution in [1.82, 2.24) is 9.88 Å². The first-order chi connectivity index (χ1) is 7.49. The third-order valence-electron chi connectivity index (χ3n) is 3.12. The van der Waals surface area contributed by atoms with Crippen molar-refractivity contribution in [2.45, 2.75) is 26.8 Å². The van der Waals surface area contributed by atoms with Gasteiger partial charge in [-0.05, 0) is 26.8 Å². The number of thiazole rings is 1. The van der Waals surface area contributed by atoms with Crippen LogP contribution in [0.1, 0.15) is 24.0 Å². The average molecular weight is 240 g/mol. The van der Waals surface area contributed by atoms with Crippen LogP contribution in [0.25, 0.3) is 0 Å². The van der Waals surface area contributed by atoms with Crippen LogP contribution in [0.4, 0.5) is 0 Å². The summed E-state index contributed by atoms with van der Waals surface area (Å²) in [7, 11) is 0. The van der Waals surface area contributed by atoms with E-state index in [9.17, 15) is 4.79 Å². The van der Waals surface area contributed by atoms with Gasteiger partial charge in [-0.2, -0.15) is 0 Å². The van der Waals surface area contributed by atoms with E-state index in [1.165, 1.54) is 0 Å². The fourth-order valence-corrected chi connectivity index (χ4v) is 2.68. The third-order valence-corrected chi connectivity index (χ3v) is 3.94. The molecule has 2 rings (SSSR count). The minimum absolute atomic E-state index is 0.578. The highest BCUT2D eigenvalue weighted by molar-refractivity contribution is 7.09. The monoisotopic (exact) mass is 240 g/mol. The van der Waals surface area contributed by atoms with Crippen LogP contribution in [0, 0.1) is 12.3 Å². The summed E-state index contributed by atoms with van der Waals surface area (Å²) in [5.74, 6) is -0.690. The Morgan fingerprint density at radius 3 is 3.00 bits per heavy atom. The molecule has 2 heterocycles. The van der Waals surface area contributed by atoms with Crippen molar-refractivity contribution in [3.05, 3.63) is 16.1 Å². The van der Waals surface area contributed by atoms with Gasteiger partial charge in [0.05, 0.1) is 16.1 Å². The van der Waals surface area contributed by atoms with Crippen LogP contribution in [0.5, 0.6) is 0 Å². The van der Waals surface area contributed by atoms with E-state index in [4.69, 9.17) is 5.11 Å². The van der Waals surface area contributed by atoms with Crippen molar-refractivity contribution in [2.24, 2.45) is 5.41 Å². The molecule has 88 valence electrons. The predicted molar refractivity (Wildman–Crippen MR) is 62.5 cm³/mol. The number of rotatable bonds is 3. The fourth-order valence-electron chi connectivity index (χ4n) is 2.08. The first-order valence-corrected chi connectivity index (χ1v) is 6.24. The standard InChI is InChI=1S/C11H16N2O2S/c1-8-12-9(6-16-8)5-13-4-3-11(2,7-13)10(14)15/h6H,3-5,7H2,1-2H3,(H,14,15). The zero-order valence-electron chi connectivity index (χ0n) is 9.56. The average Bonchev–Trinajstić information content (AvgIpc) is 2.75. The number of hydrogen-bond acceptors (Lipinski definition) is 4. The number of nitrogens with zero attached hydrogens (tertiary/aromatic N) is 2. The molecule has 0 aliphatic carbocycles. The van der Waals surface area contributed by atoms with Gasteiger partial charge >= 0.3 is 5.97 Å². The zero-order chi connectivity index (χ0) is 11.8. The summed E-state index contributed by atoms with van der Waals surface area (Å²) in [6, 6.07) is 0. The molecule has 0 radical (unpaired) electrons. The molecule has 1 unspecified atom stereocenters. The molecular formula is C11H16N2O2S. The van der Waals surface area contributed by atoms with Crippen LogP contribution in [0.3, 0.4) is 0 Å². The molecular weight excluding hydrogens is 224 g/mol. The maximum atomic E-state index is 11.1. The molecule has 0 saturated carbocycles.